The summed E-state index contributed by atoms with van der Waals surface area (Å²) < 4.78 is 2.47. The van der Waals surface area contributed by atoms with E-state index >= 15 is 0 Å². The standard InChI is InChI=1S/C38H23BN4/c1-3-16-28-26(14-1)27-15-2-4-17-29(27)40(28)34-22-9-23-35-38(34)43-33-21-8-13-25-12-6-19-31(37(25)33)41-30-18-5-10-24-11-7-20-32(36(24)30)42(35)39(41)43/h1-23H. The van der Waals surface area contributed by atoms with E-state index in [-0.39, 0.29) is 7.12 Å². The van der Waals surface area contributed by atoms with Crippen molar-refractivity contribution in [2.75, 3.05) is 14.4 Å². The Morgan fingerprint density at radius 2 is 0.767 bits per heavy atom. The normalized spacial score (nSPS) is 14.3. The zero-order valence-corrected chi connectivity index (χ0v) is 23.1. The second-order valence-electron chi connectivity index (χ2n) is 11.8. The van der Waals surface area contributed by atoms with Crippen molar-refractivity contribution >= 4 is 84.6 Å². The van der Waals surface area contributed by atoms with Crippen molar-refractivity contribution in [1.82, 2.24) is 4.57 Å². The third kappa shape index (κ3) is 2.52. The highest BCUT2D eigenvalue weighted by Gasteiger charge is 2.55. The second kappa shape index (κ2) is 7.58. The minimum absolute atomic E-state index is 0.0646. The highest BCUT2D eigenvalue weighted by Crippen LogP contribution is 2.60. The molecule has 198 valence electrons. The minimum Gasteiger partial charge on any atom is -0.344 e. The van der Waals surface area contributed by atoms with Crippen LogP contribution in [0.3, 0.4) is 0 Å². The lowest BCUT2D eigenvalue weighted by molar-refractivity contribution is 1.17. The molecule has 0 amide bonds. The van der Waals surface area contributed by atoms with E-state index in [0.29, 0.717) is 0 Å². The summed E-state index contributed by atoms with van der Waals surface area (Å²) in [5.74, 6) is 0. The third-order valence-corrected chi connectivity index (χ3v) is 9.77. The first kappa shape index (κ1) is 22.0. The molecule has 0 saturated carbocycles. The van der Waals surface area contributed by atoms with Gasteiger partial charge in [-0.25, -0.2) is 0 Å². The van der Waals surface area contributed by atoms with E-state index in [9.17, 15) is 0 Å². The van der Waals surface area contributed by atoms with Crippen molar-refractivity contribution in [2.45, 2.75) is 0 Å². The van der Waals surface area contributed by atoms with E-state index in [1.54, 1.807) is 0 Å². The topological polar surface area (TPSA) is 14.7 Å². The van der Waals surface area contributed by atoms with Gasteiger partial charge in [-0.15, -0.1) is 0 Å². The van der Waals surface area contributed by atoms with Crippen LogP contribution in [0.15, 0.2) is 140 Å². The molecular formula is C38H23BN4. The predicted octanol–water partition coefficient (Wildman–Crippen LogP) is 9.83. The molecule has 4 nitrogen and oxygen atoms in total. The first-order chi connectivity index (χ1) is 21.4. The fourth-order valence-corrected chi connectivity index (χ4v) is 8.19. The summed E-state index contributed by atoms with van der Waals surface area (Å²) in [6.07, 6.45) is 0. The van der Waals surface area contributed by atoms with Gasteiger partial charge < -0.3 is 19.0 Å². The summed E-state index contributed by atoms with van der Waals surface area (Å²) in [5.41, 5.74) is 11.1. The van der Waals surface area contributed by atoms with Gasteiger partial charge in [0.15, 0.2) is 0 Å². The smallest absolute Gasteiger partial charge is 0.344 e. The minimum atomic E-state index is -0.0646. The number of benzene rings is 7. The fraction of sp³-hybridized carbons (Fsp3) is 0. The van der Waals surface area contributed by atoms with Crippen LogP contribution in [0.5, 0.6) is 0 Å². The summed E-state index contributed by atoms with van der Waals surface area (Å²) in [6.45, 7) is 0. The number of hydrogen-bond acceptors (Lipinski definition) is 3. The molecule has 0 saturated heterocycles. The Morgan fingerprint density at radius 3 is 1.33 bits per heavy atom. The molecule has 3 aliphatic heterocycles. The Kier molecular flexibility index (Phi) is 3.88. The third-order valence-electron chi connectivity index (χ3n) is 9.77. The van der Waals surface area contributed by atoms with Crippen LogP contribution in [-0.4, -0.2) is 11.7 Å². The van der Waals surface area contributed by atoms with E-state index < -0.39 is 0 Å². The summed E-state index contributed by atoms with van der Waals surface area (Å²) in [5, 5.41) is 7.66. The van der Waals surface area contributed by atoms with Gasteiger partial charge in [-0.2, -0.15) is 0 Å². The molecule has 0 radical (unpaired) electrons. The number of nitrogens with zero attached hydrogens (tertiary/aromatic N) is 4. The molecule has 7 aromatic carbocycles. The lowest BCUT2D eigenvalue weighted by Gasteiger charge is -2.46. The van der Waals surface area contributed by atoms with Crippen LogP contribution >= 0.6 is 0 Å². The number of para-hydroxylation sites is 3. The van der Waals surface area contributed by atoms with Crippen molar-refractivity contribution in [3.63, 3.8) is 0 Å². The molecule has 0 spiro atoms. The molecule has 8 aromatic rings. The van der Waals surface area contributed by atoms with E-state index in [4.69, 9.17) is 0 Å². The number of anilines is 6. The summed E-state index contributed by atoms with van der Waals surface area (Å²) in [7, 11) is -0.0646. The van der Waals surface area contributed by atoms with Gasteiger partial charge in [0, 0.05) is 44.3 Å². The molecule has 11 rings (SSSR count). The Bertz CT molecular complexity index is 2450. The van der Waals surface area contributed by atoms with Crippen LogP contribution in [0.2, 0.25) is 0 Å². The maximum Gasteiger partial charge on any atom is 0.519 e. The zero-order valence-electron chi connectivity index (χ0n) is 23.1. The van der Waals surface area contributed by atoms with Crippen LogP contribution in [-0.2, 0) is 0 Å². The van der Waals surface area contributed by atoms with Gasteiger partial charge in [0.1, 0.15) is 0 Å². The number of fused-ring (bicyclic) bond motifs is 10. The molecule has 3 aliphatic rings. The van der Waals surface area contributed by atoms with Gasteiger partial charge in [0.2, 0.25) is 0 Å². The van der Waals surface area contributed by atoms with E-state index in [1.807, 2.05) is 0 Å². The summed E-state index contributed by atoms with van der Waals surface area (Å²) in [4.78, 5) is 7.73. The van der Waals surface area contributed by atoms with Crippen molar-refractivity contribution in [3.8, 4) is 5.69 Å². The van der Waals surface area contributed by atoms with Crippen molar-refractivity contribution < 1.29 is 0 Å². The molecule has 0 fully saturated rings. The lowest BCUT2D eigenvalue weighted by Crippen LogP contribution is -2.59. The van der Waals surface area contributed by atoms with Gasteiger partial charge >= 0.3 is 7.12 Å². The van der Waals surface area contributed by atoms with Crippen LogP contribution in [0.25, 0.3) is 49.0 Å². The van der Waals surface area contributed by atoms with Gasteiger partial charge in [-0.05, 0) is 59.3 Å². The first-order valence-electron chi connectivity index (χ1n) is 14.9. The Morgan fingerprint density at radius 1 is 0.349 bits per heavy atom. The molecule has 0 bridgehead atoms. The molecule has 5 heteroatoms. The molecular weight excluding hydrogens is 523 g/mol. The van der Waals surface area contributed by atoms with E-state index in [1.165, 1.54) is 83.2 Å². The van der Waals surface area contributed by atoms with Gasteiger partial charge in [0.25, 0.3) is 0 Å². The highest BCUT2D eigenvalue weighted by atomic mass is 15.4. The number of hydrogen-bond donors (Lipinski definition) is 0. The van der Waals surface area contributed by atoms with Gasteiger partial charge in [-0.1, -0.05) is 91.0 Å². The maximum atomic E-state index is 2.60. The average molecular weight is 546 g/mol. The van der Waals surface area contributed by atoms with Crippen LogP contribution in [0.1, 0.15) is 0 Å². The van der Waals surface area contributed by atoms with Crippen molar-refractivity contribution in [3.05, 3.63) is 140 Å². The largest absolute Gasteiger partial charge is 0.519 e. The van der Waals surface area contributed by atoms with Gasteiger partial charge in [-0.3, -0.25) is 0 Å². The molecule has 43 heavy (non-hydrogen) atoms. The zero-order chi connectivity index (χ0) is 27.8. The Hall–Kier alpha value is -5.68. The van der Waals surface area contributed by atoms with E-state index in [0.717, 1.165) is 0 Å². The molecule has 0 atom stereocenters. The number of rotatable bonds is 1. The quantitative estimate of drug-likeness (QED) is 0.191. The molecule has 0 aliphatic carbocycles. The van der Waals surface area contributed by atoms with Crippen molar-refractivity contribution in [1.29, 1.82) is 0 Å². The molecule has 1 aromatic heterocycles. The van der Waals surface area contributed by atoms with E-state index in [2.05, 4.69) is 159 Å². The Balaban J connectivity index is 1.33. The molecule has 4 heterocycles. The summed E-state index contributed by atoms with van der Waals surface area (Å²) >= 11 is 0. The SMILES string of the molecule is c1cc2c(c(-n3c4ccccc4c4ccccc43)c1)N1B3N2c2cccc4cccc(c24)N3c2cccc3cccc1c23. The highest BCUT2D eigenvalue weighted by molar-refractivity contribution is 6.81. The van der Waals surface area contributed by atoms with Crippen LogP contribution in [0, 0.1) is 0 Å². The second-order valence-corrected chi connectivity index (χ2v) is 11.8. The first-order valence-corrected chi connectivity index (χ1v) is 14.9. The molecule has 0 unspecified atom stereocenters. The average Bonchev–Trinajstić information content (AvgIpc) is 3.59. The maximum absolute atomic E-state index is 2.60. The number of aromatic nitrogens is 1. The monoisotopic (exact) mass is 546 g/mol. The Labute approximate surface area is 248 Å². The lowest BCUT2D eigenvalue weighted by atomic mass is 9.75. The fourth-order valence-electron chi connectivity index (χ4n) is 8.19. The van der Waals surface area contributed by atoms with Crippen LogP contribution < -0.4 is 14.4 Å². The van der Waals surface area contributed by atoms with Crippen LogP contribution in [0.4, 0.5) is 34.1 Å². The van der Waals surface area contributed by atoms with Gasteiger partial charge in [0.05, 0.1) is 28.1 Å². The molecule has 0 N–H and O–H groups in total. The van der Waals surface area contributed by atoms with Crippen molar-refractivity contribution in [2.24, 2.45) is 0 Å². The summed E-state index contributed by atoms with van der Waals surface area (Å²) in [6, 6.07) is 51.4. The predicted molar refractivity (Wildman–Crippen MR) is 181 cm³/mol.